The van der Waals surface area contributed by atoms with Gasteiger partial charge in [-0.05, 0) is 75.1 Å². The smallest absolute Gasteiger partial charge is 0.369 e. The number of aryl methyl sites for hydroxylation is 2. The third-order valence-corrected chi connectivity index (χ3v) is 12.6. The molecule has 350 valence electrons. The minimum absolute atomic E-state index is 0.00148. The average Bonchev–Trinajstić information content (AvgIpc) is 3.73. The number of pyridine rings is 2. The number of alkyl halides is 5. The lowest BCUT2D eigenvalue weighted by molar-refractivity contribution is -0.142. The summed E-state index contributed by atoms with van der Waals surface area (Å²) in [5.41, 5.74) is 3.45. The van der Waals surface area contributed by atoms with E-state index in [0.717, 1.165) is 55.1 Å². The summed E-state index contributed by atoms with van der Waals surface area (Å²) >= 11 is 0. The molecule has 3 aliphatic rings. The van der Waals surface area contributed by atoms with Crippen LogP contribution in [0.4, 0.5) is 43.7 Å². The molecular formula is C48H49F6N11O2. The molecule has 3 aliphatic heterocycles. The Morgan fingerprint density at radius 2 is 1.28 bits per heavy atom. The van der Waals surface area contributed by atoms with Gasteiger partial charge < -0.3 is 25.3 Å². The molecule has 13 nitrogen and oxygen atoms in total. The molecule has 2 atom stereocenters. The van der Waals surface area contributed by atoms with Crippen LogP contribution in [0.25, 0.3) is 27.6 Å². The van der Waals surface area contributed by atoms with E-state index in [2.05, 4.69) is 45.4 Å². The molecule has 19 heteroatoms. The maximum Gasteiger partial charge on any atom is 0.416 e. The number of carbonyl (C=O) groups excluding carboxylic acids is 2. The van der Waals surface area contributed by atoms with Crippen molar-refractivity contribution >= 4 is 56.8 Å². The average molecular weight is 926 g/mol. The Morgan fingerprint density at radius 3 is 1.87 bits per heavy atom. The molecule has 2 saturated heterocycles. The number of hydrogen-bond donors (Lipinski definition) is 2. The number of hydrogen-bond acceptors (Lipinski definition) is 11. The first kappa shape index (κ1) is 46.6. The molecule has 1 spiro atoms. The normalized spacial score (nSPS) is 16.3. The van der Waals surface area contributed by atoms with Gasteiger partial charge in [-0.25, -0.2) is 43.1 Å². The summed E-state index contributed by atoms with van der Waals surface area (Å²) in [7, 11) is 0. The van der Waals surface area contributed by atoms with Crippen molar-refractivity contribution in [2.75, 3.05) is 54.8 Å². The van der Waals surface area contributed by atoms with Crippen LogP contribution >= 0.6 is 0 Å². The topological polar surface area (TPSA) is 145 Å². The second-order valence-electron chi connectivity index (χ2n) is 17.6. The zero-order valence-corrected chi connectivity index (χ0v) is 37.9. The largest absolute Gasteiger partial charge is 0.416 e. The summed E-state index contributed by atoms with van der Waals surface area (Å²) in [6.07, 6.45) is -1.84. The number of anilines is 3. The SMILES string of the molecule is CC(=O)N1CC2(C1)CN(c1cnc3nc(C)nc(NC(C)c4cccc(C(F)F)c4F)c3c1)C2.CC(=O)N1CC=C(c2cnc3nc(C)nc(NC(C)c4cccc(C(F)(F)F)c4C)c3c2)C1. The van der Waals surface area contributed by atoms with Crippen LogP contribution in [-0.2, 0) is 15.8 Å². The minimum atomic E-state index is -4.42. The van der Waals surface area contributed by atoms with E-state index in [1.807, 2.05) is 23.1 Å². The lowest BCUT2D eigenvalue weighted by atomic mass is 9.72. The summed E-state index contributed by atoms with van der Waals surface area (Å²) in [4.78, 5) is 55.7. The Morgan fingerprint density at radius 1 is 0.731 bits per heavy atom. The minimum Gasteiger partial charge on any atom is -0.369 e. The van der Waals surface area contributed by atoms with Gasteiger partial charge in [0.25, 0.3) is 6.43 Å². The molecule has 2 fully saturated rings. The van der Waals surface area contributed by atoms with Gasteiger partial charge in [0.15, 0.2) is 11.3 Å². The van der Waals surface area contributed by atoms with Crippen LogP contribution in [0.3, 0.4) is 0 Å². The van der Waals surface area contributed by atoms with Crippen molar-refractivity contribution in [1.82, 2.24) is 39.7 Å². The number of benzene rings is 2. The molecule has 2 N–H and O–H groups in total. The first-order chi connectivity index (χ1) is 31.7. The van der Waals surface area contributed by atoms with Crippen LogP contribution in [0.1, 0.15) is 91.2 Å². The molecule has 7 heterocycles. The van der Waals surface area contributed by atoms with Crippen molar-refractivity contribution < 1.29 is 35.9 Å². The fraction of sp³-hybridized carbons (Fsp3) is 0.375. The zero-order valence-electron chi connectivity index (χ0n) is 37.9. The van der Waals surface area contributed by atoms with Gasteiger partial charge in [0.2, 0.25) is 11.8 Å². The van der Waals surface area contributed by atoms with Gasteiger partial charge in [-0.1, -0.05) is 36.4 Å². The van der Waals surface area contributed by atoms with Gasteiger partial charge in [0, 0.05) is 70.3 Å². The zero-order chi connectivity index (χ0) is 48.1. The molecule has 2 amide bonds. The lowest BCUT2D eigenvalue weighted by Crippen LogP contribution is -2.72. The van der Waals surface area contributed by atoms with E-state index < -0.39 is 41.6 Å². The van der Waals surface area contributed by atoms with E-state index >= 15 is 0 Å². The van der Waals surface area contributed by atoms with Crippen molar-refractivity contribution in [1.29, 1.82) is 0 Å². The van der Waals surface area contributed by atoms with Gasteiger partial charge in [-0.2, -0.15) is 13.2 Å². The van der Waals surface area contributed by atoms with Crippen LogP contribution in [0, 0.1) is 32.0 Å². The fourth-order valence-electron chi connectivity index (χ4n) is 9.00. The van der Waals surface area contributed by atoms with Crippen molar-refractivity contribution in [3.63, 3.8) is 0 Å². The number of halogens is 6. The van der Waals surface area contributed by atoms with Gasteiger partial charge >= 0.3 is 6.18 Å². The summed E-state index contributed by atoms with van der Waals surface area (Å²) in [5, 5.41) is 7.76. The predicted molar refractivity (Wildman–Crippen MR) is 243 cm³/mol. The molecule has 2 unspecified atom stereocenters. The number of carbonyl (C=O) groups is 2. The first-order valence-corrected chi connectivity index (χ1v) is 21.7. The van der Waals surface area contributed by atoms with E-state index in [0.29, 0.717) is 64.0 Å². The third-order valence-electron chi connectivity index (χ3n) is 12.6. The number of aromatic nitrogens is 6. The third kappa shape index (κ3) is 9.54. The molecule has 0 radical (unpaired) electrons. The maximum atomic E-state index is 14.7. The summed E-state index contributed by atoms with van der Waals surface area (Å²) < 4.78 is 81.1. The fourth-order valence-corrected chi connectivity index (χ4v) is 9.00. The van der Waals surface area contributed by atoms with E-state index in [4.69, 9.17) is 0 Å². The van der Waals surface area contributed by atoms with E-state index in [1.165, 1.54) is 32.0 Å². The Balaban J connectivity index is 0.000000182. The number of rotatable bonds is 9. The Kier molecular flexibility index (Phi) is 12.6. The number of likely N-dealkylation sites (tertiary alicyclic amines) is 1. The highest BCUT2D eigenvalue weighted by molar-refractivity contribution is 5.91. The number of nitrogens with one attached hydrogen (secondary N) is 2. The number of amides is 2. The van der Waals surface area contributed by atoms with E-state index in [-0.39, 0.29) is 28.4 Å². The monoisotopic (exact) mass is 925 g/mol. The molecule has 0 aliphatic carbocycles. The quantitative estimate of drug-likeness (QED) is 0.134. The molecule has 4 aromatic heterocycles. The van der Waals surface area contributed by atoms with E-state index in [9.17, 15) is 35.9 Å². The highest BCUT2D eigenvalue weighted by atomic mass is 19.4. The van der Waals surface area contributed by atoms with Crippen molar-refractivity contribution in [3.8, 4) is 0 Å². The summed E-state index contributed by atoms with van der Waals surface area (Å²) in [6, 6.07) is 11.0. The van der Waals surface area contributed by atoms with Crippen LogP contribution < -0.4 is 15.5 Å². The number of fused-ring (bicyclic) bond motifs is 2. The molecule has 2 aromatic carbocycles. The van der Waals surface area contributed by atoms with Crippen LogP contribution in [0.15, 0.2) is 67.0 Å². The first-order valence-electron chi connectivity index (χ1n) is 21.7. The maximum absolute atomic E-state index is 14.7. The molecular weight excluding hydrogens is 877 g/mol. The molecule has 6 aromatic rings. The Hall–Kier alpha value is -6.92. The van der Waals surface area contributed by atoms with Crippen LogP contribution in [0.5, 0.6) is 0 Å². The van der Waals surface area contributed by atoms with Crippen molar-refractivity contribution in [3.05, 3.63) is 118 Å². The highest BCUT2D eigenvalue weighted by Crippen LogP contribution is 2.43. The van der Waals surface area contributed by atoms with E-state index in [1.54, 1.807) is 58.0 Å². The summed E-state index contributed by atoms with van der Waals surface area (Å²) in [6.45, 7) is 15.8. The molecule has 67 heavy (non-hydrogen) atoms. The predicted octanol–water partition coefficient (Wildman–Crippen LogP) is 9.33. The van der Waals surface area contributed by atoms with Crippen LogP contribution in [0.2, 0.25) is 0 Å². The molecule has 0 bridgehead atoms. The molecule has 0 saturated carbocycles. The van der Waals surface area contributed by atoms with Crippen molar-refractivity contribution in [2.45, 2.75) is 73.2 Å². The second-order valence-corrected chi connectivity index (χ2v) is 17.6. The van der Waals surface area contributed by atoms with Gasteiger partial charge in [0.05, 0.1) is 45.9 Å². The molecule has 9 rings (SSSR count). The second kappa shape index (κ2) is 18.0. The Labute approximate surface area is 382 Å². The lowest BCUT2D eigenvalue weighted by Gasteiger charge is -2.60. The van der Waals surface area contributed by atoms with Crippen LogP contribution in [-0.4, -0.2) is 90.8 Å². The number of nitrogens with zero attached hydrogens (tertiary/aromatic N) is 9. The highest BCUT2D eigenvalue weighted by Gasteiger charge is 2.52. The van der Waals surface area contributed by atoms with Gasteiger partial charge in [-0.15, -0.1) is 0 Å². The standard InChI is InChI=1S/C24H25F3N6O.C24H24F3N5O/c1-13(17-5-4-6-18(20(17)25)21(26)27)29-23-19-7-16(8-28-22(19)30-14(2)31-23)33-11-24(12-33)9-32(10-24)15(3)34;1-13-19(6-5-7-21(13)24(25,26)27)14(2)29-23-20-10-18(11-28-22(20)30-15(3)31-23)17-8-9-32(12-17)16(4)33/h4-8,13,21H,9-12H2,1-3H3,(H,28,29,30,31);5-8,10-11,14H,9,12H2,1-4H3,(H,28,29,30,31). The van der Waals surface area contributed by atoms with Gasteiger partial charge in [0.1, 0.15) is 29.1 Å². The van der Waals surface area contributed by atoms with Gasteiger partial charge in [-0.3, -0.25) is 9.59 Å². The summed E-state index contributed by atoms with van der Waals surface area (Å²) in [5.74, 6) is 1.14. The Bertz CT molecular complexity index is 2930. The van der Waals surface area contributed by atoms with Crippen molar-refractivity contribution in [2.24, 2.45) is 5.41 Å².